The van der Waals surface area contributed by atoms with E-state index in [9.17, 15) is 13.2 Å². The summed E-state index contributed by atoms with van der Waals surface area (Å²) in [6.07, 6.45) is 0.584. The summed E-state index contributed by atoms with van der Waals surface area (Å²) in [5, 5.41) is 3.09. The van der Waals surface area contributed by atoms with E-state index in [1.807, 2.05) is 24.8 Å². The van der Waals surface area contributed by atoms with Crippen molar-refractivity contribution in [2.24, 2.45) is 11.8 Å². The Morgan fingerprint density at radius 2 is 1.88 bits per heavy atom. The molecule has 5 nitrogen and oxygen atoms in total. The highest BCUT2D eigenvalue weighted by atomic mass is 35.5. The molecule has 2 saturated heterocycles. The standard InChI is InChI=1S/C18H26N2O3S2.ClH/c1-3-8-25(22,23)17-7-5-4-6-16(17)24-13(2)18(21)20-11-14-9-19-10-15(14)12-20;/h4-7,13-15,19H,3,8-12H2,1-2H3;1H/t13?,14-,15+;. The van der Waals surface area contributed by atoms with Gasteiger partial charge in [-0.25, -0.2) is 8.42 Å². The number of benzene rings is 1. The number of amides is 1. The minimum Gasteiger partial charge on any atom is -0.341 e. The zero-order chi connectivity index (χ0) is 18.0. The van der Waals surface area contributed by atoms with Crippen molar-refractivity contribution in [3.8, 4) is 0 Å². The predicted molar refractivity (Wildman–Crippen MR) is 108 cm³/mol. The van der Waals surface area contributed by atoms with Crippen molar-refractivity contribution in [3.05, 3.63) is 24.3 Å². The zero-order valence-electron chi connectivity index (χ0n) is 15.2. The molecule has 1 amide bonds. The van der Waals surface area contributed by atoms with Crippen LogP contribution in [0.4, 0.5) is 0 Å². The molecule has 0 spiro atoms. The third-order valence-corrected chi connectivity index (χ3v) is 8.28. The van der Waals surface area contributed by atoms with E-state index in [1.54, 1.807) is 18.2 Å². The SMILES string of the molecule is CCCS(=O)(=O)c1ccccc1SC(C)C(=O)N1C[C@H]2CNC[C@H]2C1.Cl. The van der Waals surface area contributed by atoms with E-state index in [4.69, 9.17) is 0 Å². The molecule has 0 bridgehead atoms. The molecule has 1 aromatic rings. The second kappa shape index (κ2) is 8.95. The smallest absolute Gasteiger partial charge is 0.235 e. The van der Waals surface area contributed by atoms with Gasteiger partial charge in [0.2, 0.25) is 5.91 Å². The summed E-state index contributed by atoms with van der Waals surface area (Å²) in [6, 6.07) is 7.03. The molecule has 2 aliphatic heterocycles. The number of sulfone groups is 1. The van der Waals surface area contributed by atoms with Crippen molar-refractivity contribution in [2.45, 2.75) is 35.3 Å². The average Bonchev–Trinajstić information content (AvgIpc) is 3.16. The quantitative estimate of drug-likeness (QED) is 0.719. The van der Waals surface area contributed by atoms with Crippen LogP contribution in [-0.4, -0.2) is 56.4 Å². The van der Waals surface area contributed by atoms with Crippen LogP contribution in [-0.2, 0) is 14.6 Å². The summed E-state index contributed by atoms with van der Waals surface area (Å²) in [7, 11) is -3.30. The third kappa shape index (κ3) is 4.55. The maximum atomic E-state index is 12.8. The highest BCUT2D eigenvalue weighted by Crippen LogP contribution is 2.33. The molecule has 26 heavy (non-hydrogen) atoms. The minimum atomic E-state index is -3.30. The number of hydrogen-bond donors (Lipinski definition) is 1. The van der Waals surface area contributed by atoms with E-state index in [2.05, 4.69) is 5.32 Å². The number of carbonyl (C=O) groups excluding carboxylic acids is 1. The molecular weight excluding hydrogens is 392 g/mol. The molecular formula is C18H27ClN2O3S2. The Labute approximate surface area is 166 Å². The van der Waals surface area contributed by atoms with Gasteiger partial charge in [-0.1, -0.05) is 19.1 Å². The predicted octanol–water partition coefficient (Wildman–Crippen LogP) is 2.45. The number of nitrogens with zero attached hydrogens (tertiary/aromatic N) is 1. The van der Waals surface area contributed by atoms with Crippen LogP contribution in [0.5, 0.6) is 0 Å². The molecule has 3 atom stereocenters. The number of halogens is 1. The van der Waals surface area contributed by atoms with Crippen molar-refractivity contribution in [1.29, 1.82) is 0 Å². The first-order valence-corrected chi connectivity index (χ1v) is 11.4. The molecule has 0 aromatic heterocycles. The topological polar surface area (TPSA) is 66.5 Å². The fraction of sp³-hybridized carbons (Fsp3) is 0.611. The summed E-state index contributed by atoms with van der Waals surface area (Å²) in [4.78, 5) is 15.8. The maximum absolute atomic E-state index is 12.8. The number of nitrogens with one attached hydrogen (secondary N) is 1. The molecule has 2 fully saturated rings. The van der Waals surface area contributed by atoms with Crippen LogP contribution in [0.1, 0.15) is 20.3 Å². The van der Waals surface area contributed by atoms with Gasteiger partial charge in [0.15, 0.2) is 9.84 Å². The first-order chi connectivity index (χ1) is 11.9. The van der Waals surface area contributed by atoms with E-state index in [-0.39, 0.29) is 29.3 Å². The second-order valence-corrected chi connectivity index (χ2v) is 10.4. The summed E-state index contributed by atoms with van der Waals surface area (Å²) < 4.78 is 25.0. The van der Waals surface area contributed by atoms with Crippen molar-refractivity contribution in [2.75, 3.05) is 31.9 Å². The molecule has 1 unspecified atom stereocenters. The van der Waals surface area contributed by atoms with Crippen LogP contribution in [0.2, 0.25) is 0 Å². The molecule has 0 aliphatic carbocycles. The summed E-state index contributed by atoms with van der Waals surface area (Å²) in [5.41, 5.74) is 0. The van der Waals surface area contributed by atoms with Gasteiger partial charge in [-0.2, -0.15) is 0 Å². The Kier molecular flexibility index (Phi) is 7.42. The molecule has 146 valence electrons. The summed E-state index contributed by atoms with van der Waals surface area (Å²) in [6.45, 7) is 7.36. The Balaban J connectivity index is 0.00000243. The monoisotopic (exact) mass is 418 g/mol. The van der Waals surface area contributed by atoms with E-state index in [0.29, 0.717) is 28.0 Å². The van der Waals surface area contributed by atoms with Gasteiger partial charge in [0.1, 0.15) is 0 Å². The molecule has 0 saturated carbocycles. The molecule has 1 N–H and O–H groups in total. The third-order valence-electron chi connectivity index (χ3n) is 5.01. The fourth-order valence-electron chi connectivity index (χ4n) is 3.72. The molecule has 2 aliphatic rings. The van der Waals surface area contributed by atoms with Gasteiger partial charge in [0, 0.05) is 31.1 Å². The lowest BCUT2D eigenvalue weighted by molar-refractivity contribution is -0.129. The van der Waals surface area contributed by atoms with E-state index in [0.717, 1.165) is 26.2 Å². The fourth-order valence-corrected chi connectivity index (χ4v) is 6.63. The second-order valence-electron chi connectivity index (χ2n) is 6.95. The van der Waals surface area contributed by atoms with Gasteiger partial charge in [-0.15, -0.1) is 24.2 Å². The average molecular weight is 419 g/mol. The number of likely N-dealkylation sites (tertiary alicyclic amines) is 1. The van der Waals surface area contributed by atoms with E-state index < -0.39 is 9.84 Å². The summed E-state index contributed by atoms with van der Waals surface area (Å²) in [5.74, 6) is 1.38. The van der Waals surface area contributed by atoms with E-state index in [1.165, 1.54) is 11.8 Å². The molecule has 2 heterocycles. The lowest BCUT2D eigenvalue weighted by Gasteiger charge is -2.22. The largest absolute Gasteiger partial charge is 0.341 e. The van der Waals surface area contributed by atoms with Crippen molar-refractivity contribution in [1.82, 2.24) is 10.2 Å². The Bertz CT molecular complexity index is 730. The van der Waals surface area contributed by atoms with Crippen molar-refractivity contribution >= 4 is 39.9 Å². The number of thioether (sulfide) groups is 1. The van der Waals surface area contributed by atoms with Gasteiger partial charge in [0.25, 0.3) is 0 Å². The van der Waals surface area contributed by atoms with Crippen LogP contribution < -0.4 is 5.32 Å². The number of carbonyl (C=O) groups is 1. The normalized spacial score (nSPS) is 23.4. The van der Waals surface area contributed by atoms with Gasteiger partial charge >= 0.3 is 0 Å². The van der Waals surface area contributed by atoms with Crippen molar-refractivity contribution < 1.29 is 13.2 Å². The number of fused-ring (bicyclic) bond motifs is 1. The zero-order valence-corrected chi connectivity index (χ0v) is 17.6. The minimum absolute atomic E-state index is 0. The van der Waals surface area contributed by atoms with Crippen molar-refractivity contribution in [3.63, 3.8) is 0 Å². The van der Waals surface area contributed by atoms with Crippen LogP contribution in [0.3, 0.4) is 0 Å². The lowest BCUT2D eigenvalue weighted by atomic mass is 10.0. The number of rotatable bonds is 6. The van der Waals surface area contributed by atoms with Gasteiger partial charge in [0.05, 0.1) is 15.9 Å². The molecule has 1 aromatic carbocycles. The van der Waals surface area contributed by atoms with Crippen LogP contribution in [0.25, 0.3) is 0 Å². The molecule has 8 heteroatoms. The lowest BCUT2D eigenvalue weighted by Crippen LogP contribution is -2.36. The van der Waals surface area contributed by atoms with E-state index >= 15 is 0 Å². The Morgan fingerprint density at radius 3 is 2.50 bits per heavy atom. The van der Waals surface area contributed by atoms with Crippen LogP contribution >= 0.6 is 24.2 Å². The van der Waals surface area contributed by atoms with Gasteiger partial charge in [-0.3, -0.25) is 4.79 Å². The maximum Gasteiger partial charge on any atom is 0.235 e. The Hall–Kier alpha value is -0.760. The highest BCUT2D eigenvalue weighted by molar-refractivity contribution is 8.01. The van der Waals surface area contributed by atoms with Gasteiger partial charge < -0.3 is 10.2 Å². The van der Waals surface area contributed by atoms with Crippen LogP contribution in [0.15, 0.2) is 34.1 Å². The molecule has 3 rings (SSSR count). The number of hydrogen-bond acceptors (Lipinski definition) is 5. The summed E-state index contributed by atoms with van der Waals surface area (Å²) >= 11 is 1.36. The van der Waals surface area contributed by atoms with Crippen LogP contribution in [0, 0.1) is 11.8 Å². The highest BCUT2D eigenvalue weighted by Gasteiger charge is 2.39. The first kappa shape index (κ1) is 21.5. The molecule has 0 radical (unpaired) electrons. The Morgan fingerprint density at radius 1 is 1.27 bits per heavy atom. The van der Waals surface area contributed by atoms with Gasteiger partial charge in [-0.05, 0) is 37.3 Å². The first-order valence-electron chi connectivity index (χ1n) is 8.90.